The second kappa shape index (κ2) is 4.81. The van der Waals surface area contributed by atoms with Gasteiger partial charge < -0.3 is 9.47 Å². The summed E-state index contributed by atoms with van der Waals surface area (Å²) < 4.78 is 10.5. The molecule has 2 heterocycles. The predicted octanol–water partition coefficient (Wildman–Crippen LogP) is 4.24. The van der Waals surface area contributed by atoms with Crippen LogP contribution in [0.5, 0.6) is 0 Å². The molecule has 2 aromatic rings. The number of azo groups is 1. The molecule has 0 radical (unpaired) electrons. The third kappa shape index (κ3) is 2.61. The monoisotopic (exact) mass is 266 g/mol. The molecule has 20 heavy (non-hydrogen) atoms. The van der Waals surface area contributed by atoms with Crippen molar-refractivity contribution in [2.75, 3.05) is 13.2 Å². The Morgan fingerprint density at radius 3 is 1.30 bits per heavy atom. The number of epoxide rings is 2. The highest BCUT2D eigenvalue weighted by molar-refractivity contribution is 5.43. The molecule has 0 aromatic heterocycles. The molecule has 4 heteroatoms. The molecule has 0 amide bonds. The summed E-state index contributed by atoms with van der Waals surface area (Å²) in [5.41, 5.74) is 4.11. The van der Waals surface area contributed by atoms with Crippen LogP contribution < -0.4 is 0 Å². The fourth-order valence-corrected chi connectivity index (χ4v) is 2.11. The van der Waals surface area contributed by atoms with Gasteiger partial charge in [0, 0.05) is 0 Å². The first-order valence-corrected chi connectivity index (χ1v) is 6.73. The lowest BCUT2D eigenvalue weighted by Crippen LogP contribution is -1.78. The van der Waals surface area contributed by atoms with Crippen LogP contribution in [0.4, 0.5) is 11.4 Å². The van der Waals surface area contributed by atoms with Crippen molar-refractivity contribution in [2.45, 2.75) is 12.2 Å². The minimum Gasteiger partial charge on any atom is -0.368 e. The minimum absolute atomic E-state index is 0.290. The van der Waals surface area contributed by atoms with Crippen LogP contribution in [0, 0.1) is 0 Å². The Balaban J connectivity index is 1.46. The molecule has 0 bridgehead atoms. The number of hydrogen-bond acceptors (Lipinski definition) is 4. The summed E-state index contributed by atoms with van der Waals surface area (Å²) >= 11 is 0. The summed E-state index contributed by atoms with van der Waals surface area (Å²) in [4.78, 5) is 0. The molecule has 4 rings (SSSR count). The average molecular weight is 266 g/mol. The summed E-state index contributed by atoms with van der Waals surface area (Å²) in [6.45, 7) is 1.66. The molecule has 0 spiro atoms. The topological polar surface area (TPSA) is 49.8 Å². The molecule has 2 fully saturated rings. The molecule has 100 valence electrons. The molecular weight excluding hydrogens is 252 g/mol. The van der Waals surface area contributed by atoms with Crippen molar-refractivity contribution in [3.8, 4) is 0 Å². The van der Waals surface area contributed by atoms with Gasteiger partial charge in [-0.25, -0.2) is 0 Å². The van der Waals surface area contributed by atoms with Crippen molar-refractivity contribution in [3.63, 3.8) is 0 Å². The average Bonchev–Trinajstić information content (AvgIpc) is 3.39. The van der Waals surface area contributed by atoms with E-state index in [1.807, 2.05) is 48.5 Å². The van der Waals surface area contributed by atoms with Gasteiger partial charge >= 0.3 is 0 Å². The second-order valence-corrected chi connectivity index (χ2v) is 5.03. The molecule has 0 N–H and O–H groups in total. The van der Waals surface area contributed by atoms with Crippen LogP contribution in [0.2, 0.25) is 0 Å². The van der Waals surface area contributed by atoms with Crippen LogP contribution in [-0.2, 0) is 9.47 Å². The molecule has 2 saturated heterocycles. The van der Waals surface area contributed by atoms with Gasteiger partial charge in [0.15, 0.2) is 0 Å². The summed E-state index contributed by atoms with van der Waals surface area (Å²) in [7, 11) is 0. The van der Waals surface area contributed by atoms with Crippen LogP contribution in [0.1, 0.15) is 23.3 Å². The van der Waals surface area contributed by atoms with E-state index < -0.39 is 0 Å². The van der Waals surface area contributed by atoms with Gasteiger partial charge in [0.1, 0.15) is 12.2 Å². The Labute approximate surface area is 117 Å². The van der Waals surface area contributed by atoms with E-state index in [-0.39, 0.29) is 12.2 Å². The van der Waals surface area contributed by atoms with Gasteiger partial charge in [-0.2, -0.15) is 10.2 Å². The minimum atomic E-state index is 0.290. The molecule has 4 nitrogen and oxygen atoms in total. The zero-order valence-electron chi connectivity index (χ0n) is 10.9. The van der Waals surface area contributed by atoms with Gasteiger partial charge in [-0.05, 0) is 35.4 Å². The first-order chi connectivity index (χ1) is 9.88. The third-order valence-corrected chi connectivity index (χ3v) is 3.48. The fraction of sp³-hybridized carbons (Fsp3) is 0.250. The van der Waals surface area contributed by atoms with E-state index in [0.717, 1.165) is 24.6 Å². The zero-order valence-corrected chi connectivity index (χ0v) is 10.9. The molecule has 0 saturated carbocycles. The van der Waals surface area contributed by atoms with Crippen molar-refractivity contribution in [2.24, 2.45) is 10.2 Å². The van der Waals surface area contributed by atoms with Crippen LogP contribution >= 0.6 is 0 Å². The van der Waals surface area contributed by atoms with E-state index >= 15 is 0 Å². The molecule has 0 aliphatic carbocycles. The lowest BCUT2D eigenvalue weighted by molar-refractivity contribution is 0.415. The maximum atomic E-state index is 5.23. The number of ether oxygens (including phenoxy) is 2. The second-order valence-electron chi connectivity index (χ2n) is 5.03. The van der Waals surface area contributed by atoms with E-state index in [4.69, 9.17) is 9.47 Å². The molecular formula is C16H14N2O2. The molecule has 2 unspecified atom stereocenters. The number of benzene rings is 2. The van der Waals surface area contributed by atoms with Crippen molar-refractivity contribution < 1.29 is 9.47 Å². The highest BCUT2D eigenvalue weighted by Crippen LogP contribution is 2.32. The smallest absolute Gasteiger partial charge is 0.106 e. The maximum Gasteiger partial charge on any atom is 0.106 e. The summed E-state index contributed by atoms with van der Waals surface area (Å²) in [6.07, 6.45) is 0.580. The highest BCUT2D eigenvalue weighted by Gasteiger charge is 2.24. The quantitative estimate of drug-likeness (QED) is 0.613. The van der Waals surface area contributed by atoms with E-state index in [1.165, 1.54) is 11.1 Å². The standard InChI is InChI=1S/C16H14N2O2/c1-5-13(6-2-11(1)15-9-19-15)17-18-14-7-3-12(4-8-14)16-10-20-16/h1-8,15-16H,9-10H2/b18-17+. The van der Waals surface area contributed by atoms with Gasteiger partial charge in [-0.15, -0.1) is 0 Å². The van der Waals surface area contributed by atoms with Crippen molar-refractivity contribution in [3.05, 3.63) is 59.7 Å². The number of hydrogen-bond donors (Lipinski definition) is 0. The van der Waals surface area contributed by atoms with Crippen molar-refractivity contribution >= 4 is 11.4 Å². The van der Waals surface area contributed by atoms with Gasteiger partial charge in [-0.1, -0.05) is 24.3 Å². The predicted molar refractivity (Wildman–Crippen MR) is 74.4 cm³/mol. The van der Waals surface area contributed by atoms with Gasteiger partial charge in [0.25, 0.3) is 0 Å². The Morgan fingerprint density at radius 1 is 0.650 bits per heavy atom. The molecule has 2 aromatic carbocycles. The highest BCUT2D eigenvalue weighted by atomic mass is 16.6. The van der Waals surface area contributed by atoms with Gasteiger partial charge in [-0.3, -0.25) is 0 Å². The summed E-state index contributed by atoms with van der Waals surface area (Å²) in [6, 6.07) is 16.0. The maximum absolute atomic E-state index is 5.23. The Morgan fingerprint density at radius 2 is 1.00 bits per heavy atom. The molecule has 2 atom stereocenters. The first kappa shape index (κ1) is 11.8. The van der Waals surface area contributed by atoms with E-state index in [0.29, 0.717) is 0 Å². The molecule has 2 aliphatic rings. The fourth-order valence-electron chi connectivity index (χ4n) is 2.11. The first-order valence-electron chi connectivity index (χ1n) is 6.73. The number of nitrogens with zero attached hydrogens (tertiary/aromatic N) is 2. The summed E-state index contributed by atoms with van der Waals surface area (Å²) in [5, 5.41) is 8.48. The zero-order chi connectivity index (χ0) is 13.4. The van der Waals surface area contributed by atoms with Crippen LogP contribution in [0.25, 0.3) is 0 Å². The van der Waals surface area contributed by atoms with Crippen molar-refractivity contribution in [1.29, 1.82) is 0 Å². The van der Waals surface area contributed by atoms with Gasteiger partial charge in [0.2, 0.25) is 0 Å². The summed E-state index contributed by atoms with van der Waals surface area (Å²) in [5.74, 6) is 0. The van der Waals surface area contributed by atoms with Crippen LogP contribution in [0.3, 0.4) is 0 Å². The van der Waals surface area contributed by atoms with Gasteiger partial charge in [0.05, 0.1) is 24.6 Å². The number of rotatable bonds is 4. The Kier molecular flexibility index (Phi) is 2.83. The third-order valence-electron chi connectivity index (χ3n) is 3.48. The lowest BCUT2D eigenvalue weighted by atomic mass is 10.1. The van der Waals surface area contributed by atoms with Crippen molar-refractivity contribution in [1.82, 2.24) is 0 Å². The van der Waals surface area contributed by atoms with E-state index in [2.05, 4.69) is 10.2 Å². The van der Waals surface area contributed by atoms with E-state index in [1.54, 1.807) is 0 Å². The van der Waals surface area contributed by atoms with Crippen LogP contribution in [0.15, 0.2) is 58.8 Å². The SMILES string of the molecule is c1cc(C2CO2)ccc1/N=N/c1ccc(C2CO2)cc1. The Hall–Kier alpha value is -2.04. The largest absolute Gasteiger partial charge is 0.368 e. The lowest BCUT2D eigenvalue weighted by Gasteiger charge is -1.97. The normalized spacial score (nSPS) is 24.0. The molecule has 2 aliphatic heterocycles. The Bertz CT molecular complexity index is 569. The van der Waals surface area contributed by atoms with E-state index in [9.17, 15) is 0 Å². The van der Waals surface area contributed by atoms with Crippen LogP contribution in [-0.4, -0.2) is 13.2 Å².